The van der Waals surface area contributed by atoms with E-state index < -0.39 is 17.8 Å². The summed E-state index contributed by atoms with van der Waals surface area (Å²) < 4.78 is 21.9. The number of aliphatic hydroxyl groups is 3. The zero-order valence-corrected chi connectivity index (χ0v) is 22.5. The normalized spacial score (nSPS) is 11.2. The first-order valence-corrected chi connectivity index (χ1v) is 11.8. The van der Waals surface area contributed by atoms with Gasteiger partial charge in [0.25, 0.3) is 11.8 Å². The van der Waals surface area contributed by atoms with Crippen LogP contribution in [0.15, 0.2) is 36.7 Å². The highest BCUT2D eigenvalue weighted by atomic mass is 19.1. The summed E-state index contributed by atoms with van der Waals surface area (Å²) in [4.78, 5) is 32.1. The average Bonchev–Trinajstić information content (AvgIpc) is 3.46. The van der Waals surface area contributed by atoms with Crippen LogP contribution in [0.25, 0.3) is 11.3 Å². The maximum atomic E-state index is 15.0. The third-order valence-corrected chi connectivity index (χ3v) is 5.59. The molecule has 0 fully saturated rings. The van der Waals surface area contributed by atoms with Crippen LogP contribution in [0, 0.1) is 5.82 Å². The monoisotopic (exact) mass is 570 g/mol. The summed E-state index contributed by atoms with van der Waals surface area (Å²) >= 11 is 0. The van der Waals surface area contributed by atoms with Crippen molar-refractivity contribution >= 4 is 34.8 Å². The number of ether oxygens (including phenoxy) is 1. The number of halogens is 1. The molecule has 216 valence electrons. The molecule has 3 heterocycles. The fraction of sp³-hybridized carbons (Fsp3) is 0.250. The largest absolute Gasteiger partial charge is 0.494 e. The van der Waals surface area contributed by atoms with Crippen molar-refractivity contribution in [3.63, 3.8) is 0 Å². The molecule has 41 heavy (non-hydrogen) atoms. The molecule has 4 aromatic rings. The van der Waals surface area contributed by atoms with E-state index in [9.17, 15) is 29.3 Å². The van der Waals surface area contributed by atoms with Gasteiger partial charge in [0.15, 0.2) is 11.6 Å². The zero-order valence-electron chi connectivity index (χ0n) is 22.5. The Balaban J connectivity index is 1.80. The molecule has 0 unspecified atom stereocenters. The summed E-state index contributed by atoms with van der Waals surface area (Å²) in [7, 11) is 7.70. The number of pyridine rings is 1. The van der Waals surface area contributed by atoms with Crippen LogP contribution < -0.4 is 20.7 Å². The minimum atomic E-state index is -3.52. The lowest BCUT2D eigenvalue weighted by atomic mass is 10.1. The summed E-state index contributed by atoms with van der Waals surface area (Å²) in [6.07, 6.45) is -1.01. The summed E-state index contributed by atoms with van der Waals surface area (Å²) in [5.74, 6) is -1.53. The van der Waals surface area contributed by atoms with Gasteiger partial charge in [0.1, 0.15) is 17.3 Å². The summed E-state index contributed by atoms with van der Waals surface area (Å²) in [6, 6.07) is 5.12. The number of hydrogen-bond acceptors (Lipinski definition) is 12. The predicted octanol–water partition coefficient (Wildman–Crippen LogP) is 0.265. The van der Waals surface area contributed by atoms with E-state index in [-0.39, 0.29) is 51.4 Å². The number of anilines is 4. The number of aryl methyl sites for hydroxylation is 2. The number of carbonyl (C=O) groups excluding carboxylic acids is 2. The molecule has 3 aromatic heterocycles. The maximum Gasteiger partial charge on any atom is 0.369 e. The lowest BCUT2D eigenvalue weighted by Crippen LogP contribution is -2.48. The average molecular weight is 571 g/mol. The molecule has 0 aliphatic carbocycles. The standard InChI is InChI=1S/C24H27FN10O6/c1-33(2)23(37)18-8-16(31-34(18)3)13-6-12(25)7-17(21(13)41-5)28-15-9-19(29-20-11-27-35(4)32-20)26-10-14(15)22(36)30-24(38,39)40/h6-11,38-40H,1-5H3,(H,30,36)(H2,26,28,29,32). The highest BCUT2D eigenvalue weighted by Crippen LogP contribution is 2.39. The van der Waals surface area contributed by atoms with Crippen LogP contribution in [0.4, 0.5) is 27.4 Å². The maximum absolute atomic E-state index is 15.0. The molecule has 0 radical (unpaired) electrons. The van der Waals surface area contributed by atoms with E-state index in [1.54, 1.807) is 33.5 Å². The van der Waals surface area contributed by atoms with Crippen molar-refractivity contribution in [2.45, 2.75) is 6.10 Å². The number of carbonyl (C=O) groups is 2. The van der Waals surface area contributed by atoms with Gasteiger partial charge in [0.05, 0.1) is 35.9 Å². The van der Waals surface area contributed by atoms with Crippen molar-refractivity contribution in [1.82, 2.24) is 40.0 Å². The lowest BCUT2D eigenvalue weighted by molar-refractivity contribution is -0.323. The van der Waals surface area contributed by atoms with E-state index in [1.807, 2.05) is 0 Å². The number of benzene rings is 1. The third kappa shape index (κ3) is 6.55. The fourth-order valence-electron chi connectivity index (χ4n) is 3.83. The number of hydrogen-bond donors (Lipinski definition) is 6. The molecule has 0 saturated carbocycles. The molecule has 2 amide bonds. The minimum Gasteiger partial charge on any atom is -0.494 e. The Morgan fingerprint density at radius 2 is 1.73 bits per heavy atom. The van der Waals surface area contributed by atoms with Gasteiger partial charge in [-0.05, 0) is 12.1 Å². The van der Waals surface area contributed by atoms with Crippen LogP contribution in [0.2, 0.25) is 0 Å². The van der Waals surface area contributed by atoms with E-state index in [4.69, 9.17) is 4.74 Å². The van der Waals surface area contributed by atoms with Crippen LogP contribution in [-0.2, 0) is 14.1 Å². The lowest BCUT2D eigenvalue weighted by Gasteiger charge is -2.19. The Kier molecular flexibility index (Phi) is 7.86. The van der Waals surface area contributed by atoms with Crippen molar-refractivity contribution in [1.29, 1.82) is 0 Å². The first-order chi connectivity index (χ1) is 19.3. The number of nitrogens with zero attached hydrogens (tertiary/aromatic N) is 7. The Labute approximate surface area is 232 Å². The quantitative estimate of drug-likeness (QED) is 0.150. The molecule has 4 rings (SSSR count). The van der Waals surface area contributed by atoms with Crippen LogP contribution in [0.5, 0.6) is 5.75 Å². The van der Waals surface area contributed by atoms with Gasteiger partial charge in [0.2, 0.25) is 0 Å². The van der Waals surface area contributed by atoms with Gasteiger partial charge in [-0.1, -0.05) is 0 Å². The van der Waals surface area contributed by atoms with Gasteiger partial charge < -0.3 is 35.6 Å². The van der Waals surface area contributed by atoms with Crippen molar-refractivity contribution in [3.05, 3.63) is 53.7 Å². The van der Waals surface area contributed by atoms with Gasteiger partial charge in [-0.25, -0.2) is 9.37 Å². The SMILES string of the molecule is COc1c(Nc2cc(Nc3cnn(C)n3)ncc2C(=O)NC(O)(O)O)cc(F)cc1-c1cc(C(=O)N(C)C)n(C)n1. The molecule has 0 bridgehead atoms. The Morgan fingerprint density at radius 1 is 1.00 bits per heavy atom. The first kappa shape index (κ1) is 28.9. The molecular formula is C24H27FN10O6. The van der Waals surface area contributed by atoms with E-state index in [0.717, 1.165) is 12.3 Å². The molecule has 0 spiro atoms. The number of methoxy groups -OCH3 is 1. The molecule has 16 nitrogen and oxygen atoms in total. The van der Waals surface area contributed by atoms with Crippen LogP contribution in [0.1, 0.15) is 20.8 Å². The highest BCUT2D eigenvalue weighted by Gasteiger charge is 2.26. The Bertz CT molecular complexity index is 1610. The van der Waals surface area contributed by atoms with E-state index in [2.05, 4.69) is 30.9 Å². The molecule has 0 saturated heterocycles. The predicted molar refractivity (Wildman–Crippen MR) is 142 cm³/mol. The van der Waals surface area contributed by atoms with Gasteiger partial charge in [0, 0.05) is 52.1 Å². The van der Waals surface area contributed by atoms with Gasteiger partial charge in [-0.3, -0.25) is 19.6 Å². The van der Waals surface area contributed by atoms with Crippen molar-refractivity contribution in [2.24, 2.45) is 14.1 Å². The second-order valence-electron chi connectivity index (χ2n) is 8.95. The molecule has 1 aromatic carbocycles. The van der Waals surface area contributed by atoms with E-state index in [0.29, 0.717) is 5.82 Å². The van der Waals surface area contributed by atoms with Crippen molar-refractivity contribution in [2.75, 3.05) is 31.8 Å². The topological polar surface area (TPSA) is 205 Å². The summed E-state index contributed by atoms with van der Waals surface area (Å²) in [5.41, 5.74) is 0.455. The second kappa shape index (κ2) is 11.2. The van der Waals surface area contributed by atoms with Crippen LogP contribution >= 0.6 is 0 Å². The number of aromatic nitrogens is 6. The van der Waals surface area contributed by atoms with Crippen LogP contribution in [-0.4, -0.2) is 89.1 Å². The Morgan fingerprint density at radius 3 is 2.34 bits per heavy atom. The second-order valence-corrected chi connectivity index (χ2v) is 8.95. The van der Waals surface area contributed by atoms with Crippen LogP contribution in [0.3, 0.4) is 0 Å². The molecule has 6 N–H and O–H groups in total. The molecule has 0 aliphatic rings. The number of nitrogens with one attached hydrogen (secondary N) is 3. The van der Waals surface area contributed by atoms with Crippen molar-refractivity contribution in [3.8, 4) is 17.0 Å². The third-order valence-electron chi connectivity index (χ3n) is 5.59. The molecule has 0 aliphatic heterocycles. The first-order valence-electron chi connectivity index (χ1n) is 11.8. The van der Waals surface area contributed by atoms with E-state index in [1.165, 1.54) is 45.9 Å². The number of rotatable bonds is 9. The number of amides is 2. The fourth-order valence-corrected chi connectivity index (χ4v) is 3.83. The van der Waals surface area contributed by atoms with Gasteiger partial charge in [-0.2, -0.15) is 15.0 Å². The van der Waals surface area contributed by atoms with Crippen molar-refractivity contribution < 1.29 is 34.0 Å². The summed E-state index contributed by atoms with van der Waals surface area (Å²) in [6.45, 7) is 0. The summed E-state index contributed by atoms with van der Waals surface area (Å²) in [5, 5.41) is 47.6. The minimum absolute atomic E-state index is 0.00696. The van der Waals surface area contributed by atoms with Gasteiger partial charge in [-0.15, -0.1) is 5.10 Å². The van der Waals surface area contributed by atoms with Gasteiger partial charge >= 0.3 is 6.10 Å². The smallest absolute Gasteiger partial charge is 0.369 e. The molecule has 0 atom stereocenters. The molecular weight excluding hydrogens is 543 g/mol. The molecule has 17 heteroatoms. The zero-order chi connectivity index (χ0) is 30.1. The highest BCUT2D eigenvalue weighted by molar-refractivity contribution is 6.01. The Hall–Kier alpha value is -5.13. The van der Waals surface area contributed by atoms with E-state index >= 15 is 0 Å².